The lowest BCUT2D eigenvalue weighted by atomic mass is 9.96. The lowest BCUT2D eigenvalue weighted by Gasteiger charge is -2.24. The lowest BCUT2D eigenvalue weighted by molar-refractivity contribution is 0.170. The third kappa shape index (κ3) is 2.36. The summed E-state index contributed by atoms with van der Waals surface area (Å²) in [4.78, 5) is 0. The lowest BCUT2D eigenvalue weighted by Crippen LogP contribution is -2.22. The van der Waals surface area contributed by atoms with Gasteiger partial charge in [0.2, 0.25) is 0 Å². The number of hydrogen-bond acceptors (Lipinski definition) is 2. The molecule has 2 aromatic carbocycles. The number of ether oxygens (including phenoxy) is 1. The maximum absolute atomic E-state index is 5.83. The van der Waals surface area contributed by atoms with E-state index in [1.807, 2.05) is 7.05 Å². The molecule has 0 fully saturated rings. The van der Waals surface area contributed by atoms with E-state index in [4.69, 9.17) is 4.74 Å². The van der Waals surface area contributed by atoms with E-state index < -0.39 is 0 Å². The largest absolute Gasteiger partial charge is 0.496 e. The Labute approximate surface area is 114 Å². The zero-order valence-corrected chi connectivity index (χ0v) is 11.2. The molecule has 0 aromatic heterocycles. The monoisotopic (exact) mass is 253 g/mol. The molecule has 1 aliphatic heterocycles. The Hall–Kier alpha value is -1.80. The molecule has 0 saturated heterocycles. The Bertz CT molecular complexity index is 598. The van der Waals surface area contributed by atoms with Gasteiger partial charge >= 0.3 is 0 Å². The van der Waals surface area contributed by atoms with Gasteiger partial charge in [0, 0.05) is 0 Å². The third-order valence-electron chi connectivity index (χ3n) is 3.67. The number of hydrogen-bond donors (Lipinski definition) is 1. The molecule has 1 aliphatic rings. The van der Waals surface area contributed by atoms with E-state index in [1.54, 1.807) is 0 Å². The summed E-state index contributed by atoms with van der Waals surface area (Å²) in [5.41, 5.74) is 1.29. The zero-order valence-electron chi connectivity index (χ0n) is 11.2. The summed E-state index contributed by atoms with van der Waals surface area (Å²) in [6.45, 7) is 0.828. The maximum Gasteiger partial charge on any atom is 0.113 e. The van der Waals surface area contributed by atoms with Crippen molar-refractivity contribution in [1.82, 2.24) is 5.32 Å². The number of benzene rings is 2. The summed E-state index contributed by atoms with van der Waals surface area (Å²) < 4.78 is 5.83. The molecule has 0 bridgehead atoms. The van der Waals surface area contributed by atoms with Crippen molar-refractivity contribution in [3.8, 4) is 0 Å². The third-order valence-corrected chi connectivity index (χ3v) is 3.67. The molecule has 0 saturated carbocycles. The van der Waals surface area contributed by atoms with Crippen molar-refractivity contribution < 1.29 is 4.74 Å². The minimum absolute atomic E-state index is 0.145. The molecule has 19 heavy (non-hydrogen) atoms. The van der Waals surface area contributed by atoms with Gasteiger partial charge in [-0.15, -0.1) is 0 Å². The number of rotatable bonds is 3. The first-order valence-electron chi connectivity index (χ1n) is 6.88. The van der Waals surface area contributed by atoms with Crippen molar-refractivity contribution in [2.45, 2.75) is 18.9 Å². The second-order valence-corrected chi connectivity index (χ2v) is 4.89. The van der Waals surface area contributed by atoms with E-state index in [1.165, 1.54) is 16.3 Å². The molecule has 0 spiro atoms. The molecule has 2 aromatic rings. The van der Waals surface area contributed by atoms with Gasteiger partial charge in [-0.25, -0.2) is 0 Å². The predicted octanol–water partition coefficient (Wildman–Crippen LogP) is 3.79. The Morgan fingerprint density at radius 2 is 1.95 bits per heavy atom. The van der Waals surface area contributed by atoms with Crippen LogP contribution in [0.5, 0.6) is 0 Å². The maximum atomic E-state index is 5.83. The van der Waals surface area contributed by atoms with Crippen molar-refractivity contribution >= 4 is 10.8 Å². The number of fused-ring (bicyclic) bond motifs is 1. The predicted molar refractivity (Wildman–Crippen MR) is 79.0 cm³/mol. The van der Waals surface area contributed by atoms with Crippen LogP contribution in [0, 0.1) is 0 Å². The molecule has 1 heterocycles. The van der Waals surface area contributed by atoms with E-state index in [0.717, 1.165) is 25.2 Å². The van der Waals surface area contributed by atoms with Gasteiger partial charge in [-0.2, -0.15) is 0 Å². The second-order valence-electron chi connectivity index (χ2n) is 4.89. The van der Waals surface area contributed by atoms with Crippen molar-refractivity contribution in [1.29, 1.82) is 0 Å². The van der Waals surface area contributed by atoms with Crippen molar-refractivity contribution in [3.05, 3.63) is 59.9 Å². The van der Waals surface area contributed by atoms with Crippen LogP contribution in [-0.4, -0.2) is 13.7 Å². The number of likely N-dealkylation sites (N-methyl/N-ethyl adjacent to an activating group) is 1. The summed E-state index contributed by atoms with van der Waals surface area (Å²) in [6, 6.07) is 15.1. The highest BCUT2D eigenvalue weighted by molar-refractivity contribution is 5.86. The summed E-state index contributed by atoms with van der Waals surface area (Å²) in [5, 5.41) is 5.95. The Balaban J connectivity index is 2.08. The molecule has 1 unspecified atom stereocenters. The van der Waals surface area contributed by atoms with Crippen LogP contribution in [0.3, 0.4) is 0 Å². The smallest absolute Gasteiger partial charge is 0.113 e. The van der Waals surface area contributed by atoms with Crippen LogP contribution >= 0.6 is 0 Å². The molecule has 3 rings (SSSR count). The Morgan fingerprint density at radius 3 is 2.74 bits per heavy atom. The van der Waals surface area contributed by atoms with Crippen LogP contribution in [0.1, 0.15) is 24.4 Å². The van der Waals surface area contributed by atoms with Gasteiger partial charge < -0.3 is 10.1 Å². The molecular formula is C17H19NO. The summed E-state index contributed by atoms with van der Waals surface area (Å²) in [5.74, 6) is 1.06. The van der Waals surface area contributed by atoms with E-state index in [2.05, 4.69) is 53.9 Å². The quantitative estimate of drug-likeness (QED) is 0.898. The van der Waals surface area contributed by atoms with Crippen LogP contribution in [0.15, 0.2) is 54.3 Å². The molecular weight excluding hydrogens is 234 g/mol. The SMILES string of the molecule is CNC(C1=CCCCO1)c1cccc2ccccc12. The molecule has 0 amide bonds. The summed E-state index contributed by atoms with van der Waals surface area (Å²) >= 11 is 0. The molecule has 1 atom stereocenters. The fraction of sp³-hybridized carbons (Fsp3) is 0.294. The van der Waals surface area contributed by atoms with Crippen molar-refractivity contribution in [3.63, 3.8) is 0 Å². The fourth-order valence-corrected chi connectivity index (χ4v) is 2.73. The highest BCUT2D eigenvalue weighted by atomic mass is 16.5. The molecule has 1 N–H and O–H groups in total. The minimum atomic E-state index is 0.145. The van der Waals surface area contributed by atoms with E-state index in [9.17, 15) is 0 Å². The van der Waals surface area contributed by atoms with Gasteiger partial charge in [0.25, 0.3) is 0 Å². The zero-order chi connectivity index (χ0) is 13.1. The molecule has 0 radical (unpaired) electrons. The Kier molecular flexibility index (Phi) is 3.51. The number of allylic oxidation sites excluding steroid dienone is 1. The highest BCUT2D eigenvalue weighted by Crippen LogP contribution is 2.30. The molecule has 2 nitrogen and oxygen atoms in total. The average molecular weight is 253 g/mol. The average Bonchev–Trinajstić information content (AvgIpc) is 2.49. The van der Waals surface area contributed by atoms with Gasteiger partial charge in [-0.3, -0.25) is 0 Å². The first kappa shape index (κ1) is 12.2. The fourth-order valence-electron chi connectivity index (χ4n) is 2.73. The number of nitrogens with one attached hydrogen (secondary N) is 1. The standard InChI is InChI=1S/C17H19NO/c1-18-17(16-11-4-5-12-19-16)15-10-6-8-13-7-2-3-9-14(13)15/h2-3,6-11,17-18H,4-5,12H2,1H3. The van der Waals surface area contributed by atoms with E-state index in [-0.39, 0.29) is 6.04 Å². The van der Waals surface area contributed by atoms with Gasteiger partial charge in [-0.05, 0) is 42.3 Å². The molecule has 98 valence electrons. The Morgan fingerprint density at radius 1 is 1.11 bits per heavy atom. The first-order valence-corrected chi connectivity index (χ1v) is 6.88. The molecule has 2 heteroatoms. The minimum Gasteiger partial charge on any atom is -0.496 e. The van der Waals surface area contributed by atoms with Crippen molar-refractivity contribution in [2.24, 2.45) is 0 Å². The van der Waals surface area contributed by atoms with Crippen LogP contribution in [-0.2, 0) is 4.74 Å². The van der Waals surface area contributed by atoms with Gasteiger partial charge in [-0.1, -0.05) is 42.5 Å². The summed E-state index contributed by atoms with van der Waals surface area (Å²) in [7, 11) is 1.99. The van der Waals surface area contributed by atoms with Crippen LogP contribution in [0.4, 0.5) is 0 Å². The van der Waals surface area contributed by atoms with Gasteiger partial charge in [0.15, 0.2) is 0 Å². The van der Waals surface area contributed by atoms with E-state index >= 15 is 0 Å². The second kappa shape index (κ2) is 5.45. The topological polar surface area (TPSA) is 21.3 Å². The summed E-state index contributed by atoms with van der Waals surface area (Å²) in [6.07, 6.45) is 4.44. The van der Waals surface area contributed by atoms with Crippen LogP contribution in [0.2, 0.25) is 0 Å². The van der Waals surface area contributed by atoms with Gasteiger partial charge in [0.1, 0.15) is 5.76 Å². The van der Waals surface area contributed by atoms with Crippen LogP contribution in [0.25, 0.3) is 10.8 Å². The highest BCUT2D eigenvalue weighted by Gasteiger charge is 2.19. The normalized spacial score (nSPS) is 16.8. The van der Waals surface area contributed by atoms with Crippen molar-refractivity contribution in [2.75, 3.05) is 13.7 Å². The van der Waals surface area contributed by atoms with Gasteiger partial charge in [0.05, 0.1) is 12.6 Å². The van der Waals surface area contributed by atoms with Crippen LogP contribution < -0.4 is 5.32 Å². The van der Waals surface area contributed by atoms with E-state index in [0.29, 0.717) is 0 Å². The molecule has 0 aliphatic carbocycles. The first-order chi connectivity index (χ1) is 9.40.